The van der Waals surface area contributed by atoms with Gasteiger partial charge in [0, 0.05) is 17.6 Å². The van der Waals surface area contributed by atoms with Gasteiger partial charge in [0.1, 0.15) is 0 Å². The van der Waals surface area contributed by atoms with E-state index < -0.39 is 6.10 Å². The van der Waals surface area contributed by atoms with Crippen molar-refractivity contribution >= 4 is 28.2 Å². The van der Waals surface area contributed by atoms with Crippen LogP contribution in [0.2, 0.25) is 5.02 Å². The highest BCUT2D eigenvalue weighted by Crippen LogP contribution is 2.28. The van der Waals surface area contributed by atoms with Gasteiger partial charge in [0.05, 0.1) is 28.9 Å². The summed E-state index contributed by atoms with van der Waals surface area (Å²) in [5.74, 6) is 0. The van der Waals surface area contributed by atoms with Gasteiger partial charge in [-0.25, -0.2) is 4.98 Å². The number of aryl methyl sites for hydroxylation is 1. The second-order valence-electron chi connectivity index (χ2n) is 6.08. The predicted octanol–water partition coefficient (Wildman–Crippen LogP) is 4.58. The highest BCUT2D eigenvalue weighted by Gasteiger charge is 2.16. The first kappa shape index (κ1) is 16.7. The molecule has 3 nitrogen and oxygen atoms in total. The molecule has 24 heavy (non-hydrogen) atoms. The molecule has 1 N–H and O–H groups in total. The molecule has 1 heterocycles. The Hall–Kier alpha value is -2.10. The van der Waals surface area contributed by atoms with Crippen LogP contribution < -0.4 is 4.90 Å². The fourth-order valence-electron chi connectivity index (χ4n) is 2.92. The van der Waals surface area contributed by atoms with E-state index in [9.17, 15) is 5.11 Å². The van der Waals surface area contributed by atoms with E-state index in [2.05, 4.69) is 4.90 Å². The maximum absolute atomic E-state index is 9.86. The summed E-state index contributed by atoms with van der Waals surface area (Å²) >= 11 is 6.59. The fraction of sp³-hybridized carbons (Fsp3) is 0.250. The van der Waals surface area contributed by atoms with Crippen molar-refractivity contribution in [2.45, 2.75) is 26.5 Å². The molecule has 124 valence electrons. The number of para-hydroxylation sites is 2. The second-order valence-corrected chi connectivity index (χ2v) is 6.46. The number of aliphatic hydroxyl groups excluding tert-OH is 1. The molecule has 0 aliphatic heterocycles. The lowest BCUT2D eigenvalue weighted by Crippen LogP contribution is -2.31. The summed E-state index contributed by atoms with van der Waals surface area (Å²) in [5, 5.41) is 11.6. The van der Waals surface area contributed by atoms with Gasteiger partial charge in [-0.05, 0) is 37.6 Å². The maximum Gasteiger partial charge on any atom is 0.0793 e. The van der Waals surface area contributed by atoms with Gasteiger partial charge in [0.2, 0.25) is 0 Å². The number of rotatable bonds is 5. The monoisotopic (exact) mass is 340 g/mol. The van der Waals surface area contributed by atoms with Gasteiger partial charge in [-0.15, -0.1) is 0 Å². The zero-order valence-electron chi connectivity index (χ0n) is 13.9. The number of hydrogen-bond donors (Lipinski definition) is 1. The van der Waals surface area contributed by atoms with Crippen molar-refractivity contribution in [3.8, 4) is 0 Å². The zero-order valence-corrected chi connectivity index (χ0v) is 14.7. The van der Waals surface area contributed by atoms with E-state index in [0.717, 1.165) is 27.8 Å². The minimum absolute atomic E-state index is 0.439. The van der Waals surface area contributed by atoms with E-state index in [4.69, 9.17) is 16.6 Å². The van der Waals surface area contributed by atoms with Gasteiger partial charge in [-0.1, -0.05) is 48.0 Å². The Kier molecular flexibility index (Phi) is 5.03. The summed E-state index contributed by atoms with van der Waals surface area (Å²) in [6, 6.07) is 18.1. The van der Waals surface area contributed by atoms with Crippen molar-refractivity contribution in [3.05, 3.63) is 70.9 Å². The van der Waals surface area contributed by atoms with E-state index in [1.807, 2.05) is 61.5 Å². The number of fused-ring (bicyclic) bond motifs is 1. The Morgan fingerprint density at radius 2 is 1.75 bits per heavy atom. The molecule has 4 heteroatoms. The van der Waals surface area contributed by atoms with Crippen molar-refractivity contribution in [1.29, 1.82) is 0 Å². The van der Waals surface area contributed by atoms with Crippen LogP contribution in [0.15, 0.2) is 54.6 Å². The van der Waals surface area contributed by atoms with Crippen LogP contribution in [0.25, 0.3) is 10.9 Å². The van der Waals surface area contributed by atoms with Crippen LogP contribution in [0.4, 0.5) is 5.69 Å². The third-order valence-electron chi connectivity index (χ3n) is 4.09. The van der Waals surface area contributed by atoms with Crippen LogP contribution in [0.1, 0.15) is 18.2 Å². The van der Waals surface area contributed by atoms with E-state index in [1.165, 1.54) is 0 Å². The molecule has 0 saturated carbocycles. The summed E-state index contributed by atoms with van der Waals surface area (Å²) in [4.78, 5) is 6.86. The molecule has 1 atom stereocenters. The van der Waals surface area contributed by atoms with Crippen molar-refractivity contribution in [3.63, 3.8) is 0 Å². The van der Waals surface area contributed by atoms with Gasteiger partial charge >= 0.3 is 0 Å². The molecule has 0 fully saturated rings. The molecular formula is C20H21ClN2O. The van der Waals surface area contributed by atoms with Gasteiger partial charge < -0.3 is 10.0 Å². The van der Waals surface area contributed by atoms with Crippen LogP contribution >= 0.6 is 11.6 Å². The van der Waals surface area contributed by atoms with Crippen molar-refractivity contribution in [2.75, 3.05) is 11.4 Å². The Balaban J connectivity index is 2.01. The number of aliphatic hydroxyl groups is 1. The van der Waals surface area contributed by atoms with Crippen molar-refractivity contribution in [1.82, 2.24) is 4.98 Å². The summed E-state index contributed by atoms with van der Waals surface area (Å²) in [6.45, 7) is 4.89. The van der Waals surface area contributed by atoms with E-state index in [1.54, 1.807) is 6.92 Å². The largest absolute Gasteiger partial charge is 0.392 e. The average molecular weight is 341 g/mol. The quantitative estimate of drug-likeness (QED) is 0.738. The number of benzene rings is 2. The summed E-state index contributed by atoms with van der Waals surface area (Å²) in [6.07, 6.45) is -0.439. The molecule has 3 rings (SSSR count). The van der Waals surface area contributed by atoms with Gasteiger partial charge in [-0.3, -0.25) is 0 Å². The number of pyridine rings is 1. The minimum Gasteiger partial charge on any atom is -0.392 e. The fourth-order valence-corrected chi connectivity index (χ4v) is 3.13. The van der Waals surface area contributed by atoms with Gasteiger partial charge in [0.25, 0.3) is 0 Å². The van der Waals surface area contributed by atoms with Crippen molar-refractivity contribution in [2.24, 2.45) is 0 Å². The molecular weight excluding hydrogens is 320 g/mol. The molecule has 2 aromatic carbocycles. The van der Waals surface area contributed by atoms with Gasteiger partial charge in [0.15, 0.2) is 0 Å². The molecule has 0 radical (unpaired) electrons. The molecule has 1 aromatic heterocycles. The lowest BCUT2D eigenvalue weighted by atomic mass is 10.1. The lowest BCUT2D eigenvalue weighted by Gasteiger charge is -2.26. The SMILES string of the molecule is Cc1c(Cl)c(CN(CC(C)O)c2ccccc2)nc2ccccc12. The first-order chi connectivity index (χ1) is 11.6. The highest BCUT2D eigenvalue weighted by atomic mass is 35.5. The number of anilines is 1. The second kappa shape index (κ2) is 7.20. The third kappa shape index (κ3) is 3.53. The number of aromatic nitrogens is 1. The number of hydrogen-bond acceptors (Lipinski definition) is 3. The Bertz CT molecular complexity index is 834. The Labute approximate surface area is 147 Å². The minimum atomic E-state index is -0.439. The average Bonchev–Trinajstić information content (AvgIpc) is 2.59. The maximum atomic E-state index is 9.86. The van der Waals surface area contributed by atoms with E-state index >= 15 is 0 Å². The van der Waals surface area contributed by atoms with Crippen LogP contribution in [0.5, 0.6) is 0 Å². The molecule has 0 bridgehead atoms. The summed E-state index contributed by atoms with van der Waals surface area (Å²) in [5.41, 5.74) is 3.86. The predicted molar refractivity (Wildman–Crippen MR) is 101 cm³/mol. The number of nitrogens with zero attached hydrogens (tertiary/aromatic N) is 2. The first-order valence-corrected chi connectivity index (χ1v) is 8.46. The van der Waals surface area contributed by atoms with Crippen LogP contribution in [-0.4, -0.2) is 22.7 Å². The summed E-state index contributed by atoms with van der Waals surface area (Å²) < 4.78 is 0. The van der Waals surface area contributed by atoms with Crippen LogP contribution in [0.3, 0.4) is 0 Å². The first-order valence-electron chi connectivity index (χ1n) is 8.08. The molecule has 0 aliphatic rings. The van der Waals surface area contributed by atoms with Gasteiger partial charge in [-0.2, -0.15) is 0 Å². The lowest BCUT2D eigenvalue weighted by molar-refractivity contribution is 0.199. The summed E-state index contributed by atoms with van der Waals surface area (Å²) in [7, 11) is 0. The molecule has 3 aromatic rings. The smallest absolute Gasteiger partial charge is 0.0793 e. The molecule has 0 spiro atoms. The van der Waals surface area contributed by atoms with Crippen molar-refractivity contribution < 1.29 is 5.11 Å². The molecule has 0 aliphatic carbocycles. The molecule has 0 amide bonds. The molecule has 1 unspecified atom stereocenters. The van der Waals surface area contributed by atoms with Crippen LogP contribution in [-0.2, 0) is 6.54 Å². The molecule has 0 saturated heterocycles. The topological polar surface area (TPSA) is 36.4 Å². The normalized spacial score (nSPS) is 12.3. The standard InChI is InChI=1S/C20H21ClN2O/c1-14(24)12-23(16-8-4-3-5-9-16)13-19-20(21)15(2)17-10-6-7-11-18(17)22-19/h3-11,14,24H,12-13H2,1-2H3. The van der Waals surface area contributed by atoms with E-state index in [0.29, 0.717) is 18.1 Å². The Morgan fingerprint density at radius 1 is 1.08 bits per heavy atom. The highest BCUT2D eigenvalue weighted by molar-refractivity contribution is 6.32. The Morgan fingerprint density at radius 3 is 2.46 bits per heavy atom. The number of halogens is 1. The van der Waals surface area contributed by atoms with Crippen LogP contribution in [0, 0.1) is 6.92 Å². The third-order valence-corrected chi connectivity index (χ3v) is 4.59. The zero-order chi connectivity index (χ0) is 17.1. The van der Waals surface area contributed by atoms with E-state index in [-0.39, 0.29) is 0 Å².